The molecule has 0 bridgehead atoms. The molecule has 2 unspecified atom stereocenters. The average Bonchev–Trinajstić information content (AvgIpc) is 2.91. The van der Waals surface area contributed by atoms with Crippen molar-refractivity contribution in [1.29, 1.82) is 0 Å². The first-order valence-corrected chi connectivity index (χ1v) is 7.93. The molecule has 118 valence electrons. The van der Waals surface area contributed by atoms with Crippen LogP contribution in [-0.4, -0.2) is 31.5 Å². The van der Waals surface area contributed by atoms with Gasteiger partial charge in [0.25, 0.3) is 0 Å². The number of ether oxygens (including phenoxy) is 2. The lowest BCUT2D eigenvalue weighted by atomic mass is 10.1. The summed E-state index contributed by atoms with van der Waals surface area (Å²) in [5.41, 5.74) is 1.18. The monoisotopic (exact) mass is 293 g/mol. The summed E-state index contributed by atoms with van der Waals surface area (Å²) in [7, 11) is 1.66. The number of methoxy groups -OCH3 is 1. The highest BCUT2D eigenvalue weighted by Gasteiger charge is 2.24. The smallest absolute Gasteiger partial charge is 0.161 e. The van der Waals surface area contributed by atoms with Gasteiger partial charge in [-0.1, -0.05) is 19.4 Å². The first-order chi connectivity index (χ1) is 10.2. The molecule has 0 heterocycles. The predicted octanol–water partition coefficient (Wildman–Crippen LogP) is 2.73. The lowest BCUT2D eigenvalue weighted by Crippen LogP contribution is -2.27. The lowest BCUT2D eigenvalue weighted by Gasteiger charge is -2.16. The van der Waals surface area contributed by atoms with E-state index in [0.717, 1.165) is 50.3 Å². The van der Waals surface area contributed by atoms with E-state index < -0.39 is 0 Å². The third kappa shape index (κ3) is 4.61. The number of hydrogen-bond acceptors (Lipinski definition) is 4. The first kappa shape index (κ1) is 16.1. The van der Waals surface area contributed by atoms with Gasteiger partial charge in [0, 0.05) is 13.1 Å². The molecule has 0 aromatic heterocycles. The van der Waals surface area contributed by atoms with Crippen molar-refractivity contribution in [1.82, 2.24) is 5.32 Å². The van der Waals surface area contributed by atoms with Gasteiger partial charge in [0.1, 0.15) is 0 Å². The van der Waals surface area contributed by atoms with E-state index in [1.807, 2.05) is 12.1 Å². The zero-order chi connectivity index (χ0) is 15.1. The molecule has 0 radical (unpaired) electrons. The standard InChI is InChI=1S/C17H27NO3/c1-3-9-21-17-10-13(7-8-16(17)20-2)11-18-12-14-5-4-6-15(14)19/h7-8,10,14-15,18-19H,3-6,9,11-12H2,1-2H3. The number of aliphatic hydroxyl groups excluding tert-OH is 1. The van der Waals surface area contributed by atoms with Gasteiger partial charge >= 0.3 is 0 Å². The fraction of sp³-hybridized carbons (Fsp3) is 0.647. The maximum Gasteiger partial charge on any atom is 0.161 e. The van der Waals surface area contributed by atoms with E-state index >= 15 is 0 Å². The second kappa shape index (κ2) is 8.25. The Morgan fingerprint density at radius 3 is 2.81 bits per heavy atom. The Morgan fingerprint density at radius 2 is 2.14 bits per heavy atom. The van der Waals surface area contributed by atoms with Crippen LogP contribution in [0.15, 0.2) is 18.2 Å². The molecule has 0 amide bonds. The first-order valence-electron chi connectivity index (χ1n) is 7.93. The number of aliphatic hydroxyl groups is 1. The highest BCUT2D eigenvalue weighted by Crippen LogP contribution is 2.28. The predicted molar refractivity (Wildman–Crippen MR) is 83.8 cm³/mol. The van der Waals surface area contributed by atoms with E-state index in [2.05, 4.69) is 18.3 Å². The minimum Gasteiger partial charge on any atom is -0.493 e. The maximum atomic E-state index is 9.82. The Morgan fingerprint density at radius 1 is 1.29 bits per heavy atom. The van der Waals surface area contributed by atoms with Crippen LogP contribution < -0.4 is 14.8 Å². The van der Waals surface area contributed by atoms with Gasteiger partial charge in [-0.15, -0.1) is 0 Å². The largest absolute Gasteiger partial charge is 0.493 e. The molecule has 1 saturated carbocycles. The van der Waals surface area contributed by atoms with E-state index in [4.69, 9.17) is 9.47 Å². The van der Waals surface area contributed by atoms with Crippen LogP contribution in [0.4, 0.5) is 0 Å². The topological polar surface area (TPSA) is 50.7 Å². The molecule has 1 fully saturated rings. The Hall–Kier alpha value is -1.26. The van der Waals surface area contributed by atoms with Gasteiger partial charge in [0.2, 0.25) is 0 Å². The number of hydrogen-bond donors (Lipinski definition) is 2. The molecule has 1 aliphatic rings. The maximum absolute atomic E-state index is 9.82. The molecule has 0 aliphatic heterocycles. The molecule has 21 heavy (non-hydrogen) atoms. The molecule has 0 spiro atoms. The van der Waals surface area contributed by atoms with Gasteiger partial charge in [0.05, 0.1) is 19.8 Å². The molecule has 0 saturated heterocycles. The van der Waals surface area contributed by atoms with Gasteiger partial charge in [-0.05, 0) is 42.9 Å². The lowest BCUT2D eigenvalue weighted by molar-refractivity contribution is 0.131. The van der Waals surface area contributed by atoms with Crippen LogP contribution in [0, 0.1) is 5.92 Å². The van der Waals surface area contributed by atoms with Crippen molar-refractivity contribution in [2.45, 2.75) is 45.3 Å². The molecule has 2 rings (SSSR count). The summed E-state index contributed by atoms with van der Waals surface area (Å²) >= 11 is 0. The third-order valence-electron chi connectivity index (χ3n) is 4.04. The van der Waals surface area contributed by atoms with E-state index in [1.165, 1.54) is 5.56 Å². The second-order valence-corrected chi connectivity index (χ2v) is 5.72. The van der Waals surface area contributed by atoms with Crippen molar-refractivity contribution < 1.29 is 14.6 Å². The summed E-state index contributed by atoms with van der Waals surface area (Å²) in [6.07, 6.45) is 4.07. The van der Waals surface area contributed by atoms with Crippen molar-refractivity contribution in [3.8, 4) is 11.5 Å². The van der Waals surface area contributed by atoms with E-state index in [0.29, 0.717) is 12.5 Å². The Labute approximate surface area is 127 Å². The molecule has 1 aromatic rings. The molecule has 2 N–H and O–H groups in total. The summed E-state index contributed by atoms with van der Waals surface area (Å²) in [4.78, 5) is 0. The minimum atomic E-state index is -0.128. The van der Waals surface area contributed by atoms with Gasteiger partial charge in [-0.3, -0.25) is 0 Å². The zero-order valence-corrected chi connectivity index (χ0v) is 13.1. The molecule has 2 atom stereocenters. The number of benzene rings is 1. The van der Waals surface area contributed by atoms with Crippen LogP contribution in [0.1, 0.15) is 38.2 Å². The van der Waals surface area contributed by atoms with E-state index in [1.54, 1.807) is 7.11 Å². The Balaban J connectivity index is 1.87. The third-order valence-corrected chi connectivity index (χ3v) is 4.04. The molecule has 1 aromatic carbocycles. The molecule has 4 heteroatoms. The highest BCUT2D eigenvalue weighted by atomic mass is 16.5. The van der Waals surface area contributed by atoms with Gasteiger partial charge in [-0.2, -0.15) is 0 Å². The van der Waals surface area contributed by atoms with E-state index in [-0.39, 0.29) is 6.10 Å². The Bertz CT molecular complexity index is 436. The van der Waals surface area contributed by atoms with Crippen molar-refractivity contribution in [2.24, 2.45) is 5.92 Å². The van der Waals surface area contributed by atoms with Crippen molar-refractivity contribution in [2.75, 3.05) is 20.3 Å². The van der Waals surface area contributed by atoms with Gasteiger partial charge < -0.3 is 19.9 Å². The molecule has 1 aliphatic carbocycles. The average molecular weight is 293 g/mol. The van der Waals surface area contributed by atoms with Gasteiger partial charge in [0.15, 0.2) is 11.5 Å². The minimum absolute atomic E-state index is 0.128. The van der Waals surface area contributed by atoms with Crippen LogP contribution in [0.5, 0.6) is 11.5 Å². The number of rotatable bonds is 8. The normalized spacial score (nSPS) is 21.5. The van der Waals surface area contributed by atoms with E-state index in [9.17, 15) is 5.11 Å². The van der Waals surface area contributed by atoms with Gasteiger partial charge in [-0.25, -0.2) is 0 Å². The molecule has 4 nitrogen and oxygen atoms in total. The van der Waals surface area contributed by atoms with Crippen LogP contribution in [0.25, 0.3) is 0 Å². The zero-order valence-electron chi connectivity index (χ0n) is 13.1. The van der Waals surface area contributed by atoms with Crippen LogP contribution in [0.3, 0.4) is 0 Å². The van der Waals surface area contributed by atoms with Crippen LogP contribution in [0.2, 0.25) is 0 Å². The van der Waals surface area contributed by atoms with Crippen molar-refractivity contribution >= 4 is 0 Å². The summed E-state index contributed by atoms with van der Waals surface area (Å²) in [6.45, 7) is 4.44. The Kier molecular flexibility index (Phi) is 6.33. The van der Waals surface area contributed by atoms with Crippen LogP contribution >= 0.6 is 0 Å². The summed E-state index contributed by atoms with van der Waals surface area (Å²) in [6, 6.07) is 6.04. The fourth-order valence-corrected chi connectivity index (χ4v) is 2.81. The number of nitrogens with one attached hydrogen (secondary N) is 1. The highest BCUT2D eigenvalue weighted by molar-refractivity contribution is 5.42. The van der Waals surface area contributed by atoms with Crippen LogP contribution in [-0.2, 0) is 6.54 Å². The summed E-state index contributed by atoms with van der Waals surface area (Å²) < 4.78 is 11.0. The quantitative estimate of drug-likeness (QED) is 0.774. The fourth-order valence-electron chi connectivity index (χ4n) is 2.81. The summed E-state index contributed by atoms with van der Waals surface area (Å²) in [5.74, 6) is 1.98. The van der Waals surface area contributed by atoms with Crippen molar-refractivity contribution in [3.63, 3.8) is 0 Å². The molecular weight excluding hydrogens is 266 g/mol. The summed E-state index contributed by atoms with van der Waals surface area (Å²) in [5, 5.41) is 13.3. The molecular formula is C17H27NO3. The second-order valence-electron chi connectivity index (χ2n) is 5.72. The van der Waals surface area contributed by atoms with Crippen molar-refractivity contribution in [3.05, 3.63) is 23.8 Å². The SMILES string of the molecule is CCCOc1cc(CNCC2CCCC2O)ccc1OC.